The van der Waals surface area contributed by atoms with Gasteiger partial charge in [-0.1, -0.05) is 57.7 Å². The Bertz CT molecular complexity index is 1160. The van der Waals surface area contributed by atoms with Gasteiger partial charge in [-0.3, -0.25) is 9.69 Å². The number of piperidine rings is 1. The number of carbonyl (C=O) groups excluding carboxylic acids is 1. The van der Waals surface area contributed by atoms with E-state index >= 15 is 0 Å². The number of amides is 1. The molecule has 1 aromatic carbocycles. The van der Waals surface area contributed by atoms with Crippen LogP contribution >= 0.6 is 11.6 Å². The lowest BCUT2D eigenvalue weighted by molar-refractivity contribution is -0.140. The fraction of sp³-hybridized carbons (Fsp3) is 0.711. The Balaban J connectivity index is 1.48. The van der Waals surface area contributed by atoms with E-state index in [1.165, 1.54) is 49.1 Å². The molecule has 4 fully saturated rings. The Morgan fingerprint density at radius 1 is 0.909 bits per heavy atom. The van der Waals surface area contributed by atoms with Gasteiger partial charge in [0, 0.05) is 78.5 Å². The summed E-state index contributed by atoms with van der Waals surface area (Å²) in [6.07, 6.45) is 9.39. The summed E-state index contributed by atoms with van der Waals surface area (Å²) >= 11 is 6.33. The largest absolute Gasteiger partial charge is 0.374 e. The van der Waals surface area contributed by atoms with Crippen molar-refractivity contribution in [2.45, 2.75) is 122 Å². The third kappa shape index (κ3) is 7.20. The molecule has 1 aliphatic carbocycles. The lowest BCUT2D eigenvalue weighted by Gasteiger charge is -2.41. The van der Waals surface area contributed by atoms with Gasteiger partial charge < -0.3 is 14.7 Å². The molecule has 3 saturated heterocycles. The summed E-state index contributed by atoms with van der Waals surface area (Å²) in [5, 5.41) is 0.780. The van der Waals surface area contributed by atoms with Crippen LogP contribution in [0, 0.1) is 17.8 Å². The zero-order chi connectivity index (χ0) is 31.8. The second-order valence-corrected chi connectivity index (χ2v) is 16.2. The van der Waals surface area contributed by atoms with Gasteiger partial charge in [-0.05, 0) is 95.8 Å². The zero-order valence-electron chi connectivity index (χ0n) is 28.5. The number of benzene rings is 1. The van der Waals surface area contributed by atoms with Crippen LogP contribution < -0.4 is 0 Å². The van der Waals surface area contributed by atoms with Gasteiger partial charge in [0.25, 0.3) is 0 Å². The van der Waals surface area contributed by atoms with Crippen molar-refractivity contribution in [3.05, 3.63) is 59.4 Å². The number of halogens is 1. The third-order valence-corrected chi connectivity index (χ3v) is 11.6. The van der Waals surface area contributed by atoms with Crippen LogP contribution in [0.1, 0.15) is 104 Å². The van der Waals surface area contributed by atoms with Crippen molar-refractivity contribution in [2.75, 3.05) is 32.7 Å². The second-order valence-electron chi connectivity index (χ2n) is 15.7. The standard InChI is InChI=1S/C38H59ClN4O/c1-26(2)37(44)43(32-18-12-27(3)13-19-32)33-22-36(29(5)40-20-10-9-11-21-40)42(23-33)28(4)34-24-41(38(6,7)8)25-35(34)30-14-16-31(39)17-15-30/h14-17,26-27,32-36H,4-5,9-13,18-25H2,1-3,6-8H3/t27-,32+,33-,34-,35-,36?/m0/s1. The maximum Gasteiger partial charge on any atom is 0.225 e. The summed E-state index contributed by atoms with van der Waals surface area (Å²) in [6, 6.07) is 9.18. The molecule has 44 heavy (non-hydrogen) atoms. The molecule has 4 aliphatic rings. The Labute approximate surface area is 273 Å². The molecule has 0 spiro atoms. The Kier molecular flexibility index (Phi) is 10.5. The summed E-state index contributed by atoms with van der Waals surface area (Å²) in [7, 11) is 0. The van der Waals surface area contributed by atoms with E-state index in [1.807, 2.05) is 12.1 Å². The molecule has 1 aromatic rings. The van der Waals surface area contributed by atoms with Crippen LogP contribution in [0.4, 0.5) is 0 Å². The van der Waals surface area contributed by atoms with Gasteiger partial charge in [0.2, 0.25) is 5.91 Å². The SMILES string of the molecule is C=C(C1C[C@H](N(C(=O)C(C)C)[C@H]2CC[C@@H](C)CC2)CN1C(=C)[C@@H]1CN(C(C)(C)C)C[C@H]1c1ccc(Cl)cc1)N1CCCCC1. The van der Waals surface area contributed by atoms with Crippen LogP contribution in [0.5, 0.6) is 0 Å². The zero-order valence-corrected chi connectivity index (χ0v) is 29.3. The molecule has 4 atom stereocenters. The summed E-state index contributed by atoms with van der Waals surface area (Å²) in [5.74, 6) is 1.71. The highest BCUT2D eigenvalue weighted by Crippen LogP contribution is 2.44. The van der Waals surface area contributed by atoms with E-state index < -0.39 is 0 Å². The Hall–Kier alpha value is -1.98. The van der Waals surface area contributed by atoms with Gasteiger partial charge in [-0.25, -0.2) is 0 Å². The number of hydrogen-bond donors (Lipinski definition) is 0. The number of hydrogen-bond acceptors (Lipinski definition) is 4. The minimum atomic E-state index is -0.000177. The van der Waals surface area contributed by atoms with Crippen molar-refractivity contribution in [2.24, 2.45) is 17.8 Å². The van der Waals surface area contributed by atoms with E-state index in [1.54, 1.807) is 0 Å². The average Bonchev–Trinajstić information content (AvgIpc) is 3.64. The number of likely N-dealkylation sites (tertiary alicyclic amines) is 3. The average molecular weight is 623 g/mol. The molecule has 1 unspecified atom stereocenters. The molecule has 0 aromatic heterocycles. The second kappa shape index (κ2) is 13.8. The van der Waals surface area contributed by atoms with Gasteiger partial charge in [-0.2, -0.15) is 0 Å². The molecular formula is C38H59ClN4O. The maximum absolute atomic E-state index is 14.0. The normalized spacial score (nSPS) is 30.2. The van der Waals surface area contributed by atoms with Gasteiger partial charge in [-0.15, -0.1) is 0 Å². The van der Waals surface area contributed by atoms with Crippen LogP contribution in [0.25, 0.3) is 0 Å². The molecule has 6 heteroatoms. The van der Waals surface area contributed by atoms with Crippen LogP contribution in [0.3, 0.4) is 0 Å². The molecule has 0 N–H and O–H groups in total. The third-order valence-electron chi connectivity index (χ3n) is 11.3. The number of carbonyl (C=O) groups is 1. The van der Waals surface area contributed by atoms with Crippen molar-refractivity contribution in [3.63, 3.8) is 0 Å². The van der Waals surface area contributed by atoms with Gasteiger partial charge in [0.1, 0.15) is 0 Å². The van der Waals surface area contributed by atoms with E-state index in [0.29, 0.717) is 17.9 Å². The van der Waals surface area contributed by atoms with E-state index in [4.69, 9.17) is 24.8 Å². The summed E-state index contributed by atoms with van der Waals surface area (Å²) in [6.45, 7) is 28.2. The molecule has 0 radical (unpaired) electrons. The Morgan fingerprint density at radius 2 is 1.55 bits per heavy atom. The molecule has 1 saturated carbocycles. The van der Waals surface area contributed by atoms with Gasteiger partial charge in [0.05, 0.1) is 12.1 Å². The highest BCUT2D eigenvalue weighted by Gasteiger charge is 2.47. The maximum atomic E-state index is 14.0. The van der Waals surface area contributed by atoms with Crippen LogP contribution in [-0.2, 0) is 4.79 Å². The fourth-order valence-corrected chi connectivity index (χ4v) is 8.59. The van der Waals surface area contributed by atoms with Crippen LogP contribution in [0.2, 0.25) is 5.02 Å². The highest BCUT2D eigenvalue weighted by atomic mass is 35.5. The molecule has 5 nitrogen and oxygen atoms in total. The molecule has 5 rings (SSSR count). The van der Waals surface area contributed by atoms with Crippen LogP contribution in [-0.4, -0.2) is 81.9 Å². The number of rotatable bonds is 8. The van der Waals surface area contributed by atoms with Crippen molar-refractivity contribution in [1.29, 1.82) is 0 Å². The first-order valence-electron chi connectivity index (χ1n) is 17.6. The quantitative estimate of drug-likeness (QED) is 0.292. The highest BCUT2D eigenvalue weighted by molar-refractivity contribution is 6.30. The molecule has 244 valence electrons. The minimum absolute atomic E-state index is 0.000177. The molecule has 1 amide bonds. The van der Waals surface area contributed by atoms with E-state index in [9.17, 15) is 4.79 Å². The first kappa shape index (κ1) is 33.4. The smallest absolute Gasteiger partial charge is 0.225 e. The molecule has 3 heterocycles. The summed E-state index contributed by atoms with van der Waals surface area (Å²) in [5.41, 5.74) is 3.86. The first-order valence-corrected chi connectivity index (χ1v) is 17.9. The monoisotopic (exact) mass is 622 g/mol. The van der Waals surface area contributed by atoms with Crippen molar-refractivity contribution < 1.29 is 4.79 Å². The summed E-state index contributed by atoms with van der Waals surface area (Å²) in [4.78, 5) is 24.1. The van der Waals surface area contributed by atoms with Crippen molar-refractivity contribution in [3.8, 4) is 0 Å². The molecule has 3 aliphatic heterocycles. The molecular weight excluding hydrogens is 564 g/mol. The predicted molar refractivity (Wildman–Crippen MR) is 185 cm³/mol. The van der Waals surface area contributed by atoms with E-state index in [-0.39, 0.29) is 29.5 Å². The fourth-order valence-electron chi connectivity index (χ4n) is 8.47. The van der Waals surface area contributed by atoms with Gasteiger partial charge >= 0.3 is 0 Å². The predicted octanol–water partition coefficient (Wildman–Crippen LogP) is 8.17. The van der Waals surface area contributed by atoms with Gasteiger partial charge in [0.15, 0.2) is 0 Å². The summed E-state index contributed by atoms with van der Waals surface area (Å²) < 4.78 is 0. The Morgan fingerprint density at radius 3 is 2.14 bits per heavy atom. The van der Waals surface area contributed by atoms with E-state index in [0.717, 1.165) is 62.9 Å². The lowest BCUT2D eigenvalue weighted by Crippen LogP contribution is -2.51. The van der Waals surface area contributed by atoms with E-state index in [2.05, 4.69) is 73.3 Å². The van der Waals surface area contributed by atoms with Crippen molar-refractivity contribution in [1.82, 2.24) is 19.6 Å². The van der Waals surface area contributed by atoms with Crippen LogP contribution in [0.15, 0.2) is 48.8 Å². The lowest BCUT2D eigenvalue weighted by atomic mass is 9.85. The minimum Gasteiger partial charge on any atom is -0.374 e. The number of nitrogens with zero attached hydrogens (tertiary/aromatic N) is 4. The first-order chi connectivity index (χ1) is 20.8. The molecule has 0 bridgehead atoms. The topological polar surface area (TPSA) is 30.0 Å². The van der Waals surface area contributed by atoms with Crippen molar-refractivity contribution >= 4 is 17.5 Å².